The lowest BCUT2D eigenvalue weighted by Crippen LogP contribution is -2.04. The smallest absolute Gasteiger partial charge is 0.337 e. The van der Waals surface area contributed by atoms with Gasteiger partial charge < -0.3 is 5.11 Å². The van der Waals surface area contributed by atoms with Crippen LogP contribution >= 0.6 is 0 Å². The first-order valence-corrected chi connectivity index (χ1v) is 4.39. The lowest BCUT2D eigenvalue weighted by Gasteiger charge is -2.05. The second-order valence-corrected chi connectivity index (χ2v) is 2.98. The van der Waals surface area contributed by atoms with E-state index in [1.165, 1.54) is 12.1 Å². The number of carboxylic acids is 1. The molecule has 0 saturated carbocycles. The van der Waals surface area contributed by atoms with Crippen LogP contribution in [-0.4, -0.2) is 17.4 Å². The molecule has 0 heterocycles. The minimum atomic E-state index is -1.15. The third kappa shape index (κ3) is 2.02. The molecule has 0 aliphatic carbocycles. The van der Waals surface area contributed by atoms with Gasteiger partial charge in [0.2, 0.25) is 0 Å². The fraction of sp³-hybridized carbons (Fsp3) is 0.182. The molecule has 1 rings (SSSR count). The van der Waals surface area contributed by atoms with Crippen molar-refractivity contribution in [2.24, 2.45) is 0 Å². The molecule has 4 nitrogen and oxygen atoms in total. The maximum absolute atomic E-state index is 10.8. The van der Waals surface area contributed by atoms with Crippen LogP contribution < -0.4 is 0 Å². The Morgan fingerprint density at radius 2 is 2.27 bits per heavy atom. The summed E-state index contributed by atoms with van der Waals surface area (Å²) < 4.78 is 0. The molecule has 0 unspecified atom stereocenters. The van der Waals surface area contributed by atoms with E-state index in [0.29, 0.717) is 23.8 Å². The highest BCUT2D eigenvalue weighted by Crippen LogP contribution is 2.16. The van der Waals surface area contributed by atoms with Crippen molar-refractivity contribution in [2.75, 3.05) is 0 Å². The molecule has 1 aromatic carbocycles. The van der Waals surface area contributed by atoms with Crippen molar-refractivity contribution >= 4 is 12.3 Å². The van der Waals surface area contributed by atoms with Crippen molar-refractivity contribution in [1.29, 1.82) is 5.26 Å². The van der Waals surface area contributed by atoms with Gasteiger partial charge >= 0.3 is 5.97 Å². The number of aromatic carboxylic acids is 1. The summed E-state index contributed by atoms with van der Waals surface area (Å²) in [6, 6.07) is 4.46. The van der Waals surface area contributed by atoms with Crippen molar-refractivity contribution in [2.45, 2.75) is 13.3 Å². The number of carbonyl (C=O) groups is 2. The molecule has 4 heteroatoms. The van der Waals surface area contributed by atoms with Gasteiger partial charge in [0, 0.05) is 5.56 Å². The lowest BCUT2D eigenvalue weighted by atomic mass is 9.98. The van der Waals surface area contributed by atoms with Crippen LogP contribution in [0.2, 0.25) is 0 Å². The number of aldehydes is 1. The molecule has 0 fully saturated rings. The zero-order chi connectivity index (χ0) is 11.4. The first kappa shape index (κ1) is 10.9. The molecule has 0 saturated heterocycles. The number of rotatable bonds is 3. The highest BCUT2D eigenvalue weighted by molar-refractivity contribution is 5.92. The highest BCUT2D eigenvalue weighted by atomic mass is 16.4. The predicted molar refractivity (Wildman–Crippen MR) is 52.9 cm³/mol. The van der Waals surface area contributed by atoms with Gasteiger partial charge in [0.15, 0.2) is 0 Å². The summed E-state index contributed by atoms with van der Waals surface area (Å²) in [5.74, 6) is -1.15. The summed E-state index contributed by atoms with van der Waals surface area (Å²) in [5.41, 5.74) is 0.974. The normalized spacial score (nSPS) is 9.33. The van der Waals surface area contributed by atoms with E-state index in [-0.39, 0.29) is 11.1 Å². The Balaban J connectivity index is 3.49. The van der Waals surface area contributed by atoms with Crippen LogP contribution in [0.1, 0.15) is 38.8 Å². The quantitative estimate of drug-likeness (QED) is 0.757. The number of nitrogens with zero attached hydrogens (tertiary/aromatic N) is 1. The molecule has 0 bridgehead atoms. The Labute approximate surface area is 86.8 Å². The molecule has 0 aliphatic rings. The molecular weight excluding hydrogens is 194 g/mol. The Kier molecular flexibility index (Phi) is 3.19. The Morgan fingerprint density at radius 3 is 2.67 bits per heavy atom. The van der Waals surface area contributed by atoms with Gasteiger partial charge in [0.1, 0.15) is 12.4 Å². The first-order chi connectivity index (χ1) is 7.13. The zero-order valence-electron chi connectivity index (χ0n) is 8.15. The van der Waals surface area contributed by atoms with E-state index in [0.717, 1.165) is 0 Å². The van der Waals surface area contributed by atoms with E-state index in [1.807, 2.05) is 6.92 Å². The van der Waals surface area contributed by atoms with Crippen LogP contribution in [0.5, 0.6) is 0 Å². The van der Waals surface area contributed by atoms with E-state index < -0.39 is 5.97 Å². The summed E-state index contributed by atoms with van der Waals surface area (Å²) in [6.07, 6.45) is 1.19. The van der Waals surface area contributed by atoms with E-state index in [4.69, 9.17) is 10.4 Å². The van der Waals surface area contributed by atoms with Crippen LogP contribution in [0, 0.1) is 11.3 Å². The molecule has 0 atom stereocenters. The van der Waals surface area contributed by atoms with E-state index >= 15 is 0 Å². The van der Waals surface area contributed by atoms with Gasteiger partial charge in [-0.15, -0.1) is 0 Å². The molecule has 0 amide bonds. The molecular formula is C11H9NO3. The van der Waals surface area contributed by atoms with Gasteiger partial charge in [-0.2, -0.15) is 5.26 Å². The third-order valence-electron chi connectivity index (χ3n) is 2.14. The number of nitriles is 1. The standard InChI is InChI=1S/C11H9NO3/c1-2-7-4-10(11(14)15)8(5-12)3-9(7)6-13/h3-4,6H,2H2,1H3,(H,14,15). The number of hydrogen-bond donors (Lipinski definition) is 1. The summed E-state index contributed by atoms with van der Waals surface area (Å²) >= 11 is 0. The molecule has 0 spiro atoms. The average Bonchev–Trinajstić information content (AvgIpc) is 2.26. The minimum Gasteiger partial charge on any atom is -0.478 e. The number of aryl methyl sites for hydroxylation is 1. The number of benzene rings is 1. The summed E-state index contributed by atoms with van der Waals surface area (Å²) in [4.78, 5) is 21.5. The SMILES string of the molecule is CCc1cc(C(=O)O)c(C#N)cc1C=O. The summed E-state index contributed by atoms with van der Waals surface area (Å²) in [5, 5.41) is 17.6. The summed E-state index contributed by atoms with van der Waals surface area (Å²) in [6.45, 7) is 1.82. The molecule has 1 N–H and O–H groups in total. The third-order valence-corrected chi connectivity index (χ3v) is 2.14. The molecule has 0 radical (unpaired) electrons. The lowest BCUT2D eigenvalue weighted by molar-refractivity contribution is 0.0696. The molecule has 0 aromatic heterocycles. The number of carbonyl (C=O) groups excluding carboxylic acids is 1. The second-order valence-electron chi connectivity index (χ2n) is 2.98. The number of carboxylic acid groups (broad SMARTS) is 1. The van der Waals surface area contributed by atoms with E-state index in [1.54, 1.807) is 6.07 Å². The van der Waals surface area contributed by atoms with Crippen molar-refractivity contribution < 1.29 is 14.7 Å². The van der Waals surface area contributed by atoms with Crippen LogP contribution in [0.4, 0.5) is 0 Å². The Hall–Kier alpha value is -2.15. The van der Waals surface area contributed by atoms with Gasteiger partial charge in [-0.1, -0.05) is 6.92 Å². The van der Waals surface area contributed by atoms with Crippen molar-refractivity contribution in [3.63, 3.8) is 0 Å². The van der Waals surface area contributed by atoms with Gasteiger partial charge in [-0.25, -0.2) is 4.79 Å². The largest absolute Gasteiger partial charge is 0.478 e. The number of hydrogen-bond acceptors (Lipinski definition) is 3. The van der Waals surface area contributed by atoms with Crippen LogP contribution in [0.3, 0.4) is 0 Å². The first-order valence-electron chi connectivity index (χ1n) is 4.39. The van der Waals surface area contributed by atoms with Gasteiger partial charge in [-0.05, 0) is 24.1 Å². The van der Waals surface area contributed by atoms with Crippen LogP contribution in [-0.2, 0) is 6.42 Å². The van der Waals surface area contributed by atoms with Crippen LogP contribution in [0.25, 0.3) is 0 Å². The van der Waals surface area contributed by atoms with E-state index in [9.17, 15) is 9.59 Å². The fourth-order valence-electron chi connectivity index (χ4n) is 1.35. The van der Waals surface area contributed by atoms with Gasteiger partial charge in [-0.3, -0.25) is 4.79 Å². The molecule has 15 heavy (non-hydrogen) atoms. The predicted octanol–water partition coefficient (Wildman–Crippen LogP) is 1.63. The minimum absolute atomic E-state index is 0.0156. The van der Waals surface area contributed by atoms with Crippen molar-refractivity contribution in [3.05, 3.63) is 34.4 Å². The average molecular weight is 203 g/mol. The fourth-order valence-corrected chi connectivity index (χ4v) is 1.35. The van der Waals surface area contributed by atoms with Gasteiger partial charge in [0.05, 0.1) is 11.1 Å². The van der Waals surface area contributed by atoms with Crippen LogP contribution in [0.15, 0.2) is 12.1 Å². The highest BCUT2D eigenvalue weighted by Gasteiger charge is 2.13. The van der Waals surface area contributed by atoms with Crippen molar-refractivity contribution in [1.82, 2.24) is 0 Å². The Bertz CT molecular complexity index is 458. The van der Waals surface area contributed by atoms with Gasteiger partial charge in [0.25, 0.3) is 0 Å². The second kappa shape index (κ2) is 4.38. The maximum atomic E-state index is 10.8. The molecule has 1 aromatic rings. The molecule has 76 valence electrons. The van der Waals surface area contributed by atoms with Crippen molar-refractivity contribution in [3.8, 4) is 6.07 Å². The molecule has 0 aliphatic heterocycles. The van der Waals surface area contributed by atoms with E-state index in [2.05, 4.69) is 0 Å². The topological polar surface area (TPSA) is 78.2 Å². The Morgan fingerprint density at radius 1 is 1.60 bits per heavy atom. The summed E-state index contributed by atoms with van der Waals surface area (Å²) in [7, 11) is 0. The maximum Gasteiger partial charge on any atom is 0.337 e. The zero-order valence-corrected chi connectivity index (χ0v) is 8.15. The monoisotopic (exact) mass is 203 g/mol.